The number of anilines is 1. The van der Waals surface area contributed by atoms with Gasteiger partial charge in [-0.3, -0.25) is 0 Å². The Morgan fingerprint density at radius 2 is 1.44 bits per heavy atom. The quantitative estimate of drug-likeness (QED) is 0.776. The average molecular weight is 397 g/mol. The number of nitrogens with two attached hydrogens (primary N) is 1. The van der Waals surface area contributed by atoms with Crippen LogP contribution >= 0.6 is 0 Å². The molecule has 1 aromatic heterocycles. The van der Waals surface area contributed by atoms with Gasteiger partial charge >= 0.3 is 17.1 Å². The van der Waals surface area contributed by atoms with Crippen LogP contribution in [0.3, 0.4) is 0 Å². The van der Waals surface area contributed by atoms with Crippen molar-refractivity contribution in [3.63, 3.8) is 0 Å². The standard InChI is InChI=1S/C17H11FN3.C5H5.Fe/c18-13-7-5-11(6-8-13)14-9-16(12-3-1-2-4-12)21-17(20)15(14)10-19;1-2-4-5-3-1;/h1-9H,(H2,20,21);1-5H;/q;;+2. The Bertz CT molecular complexity index is 766. The van der Waals surface area contributed by atoms with E-state index in [1.165, 1.54) is 12.1 Å². The third-order valence-corrected chi connectivity index (χ3v) is 3.83. The molecule has 0 aliphatic heterocycles. The smallest absolute Gasteiger partial charge is 0.383 e. The molecular weight excluding hydrogens is 381 g/mol. The zero-order chi connectivity index (χ0) is 18.4. The van der Waals surface area contributed by atoms with Crippen LogP contribution in [-0.2, 0) is 17.1 Å². The third kappa shape index (κ3) is 5.54. The zero-order valence-corrected chi connectivity index (χ0v) is 15.4. The molecule has 5 heteroatoms. The molecule has 1 heterocycles. The van der Waals surface area contributed by atoms with Crippen molar-refractivity contribution in [2.75, 3.05) is 5.73 Å². The van der Waals surface area contributed by atoms with Gasteiger partial charge in [0.05, 0.1) is 5.69 Å². The topological polar surface area (TPSA) is 62.7 Å². The molecule has 0 unspecified atom stereocenters. The van der Waals surface area contributed by atoms with Crippen LogP contribution in [0.2, 0.25) is 0 Å². The second kappa shape index (κ2) is 10.4. The molecule has 27 heavy (non-hydrogen) atoms. The fraction of sp³-hybridized carbons (Fsp3) is 0. The number of pyridine rings is 1. The van der Waals surface area contributed by atoms with Crippen LogP contribution in [0.1, 0.15) is 11.3 Å². The van der Waals surface area contributed by atoms with E-state index in [-0.39, 0.29) is 28.7 Å². The molecule has 2 aliphatic carbocycles. The van der Waals surface area contributed by atoms with Gasteiger partial charge < -0.3 is 5.73 Å². The Morgan fingerprint density at radius 3 is 1.96 bits per heavy atom. The molecule has 0 saturated heterocycles. The van der Waals surface area contributed by atoms with E-state index in [2.05, 4.69) is 11.1 Å². The minimum Gasteiger partial charge on any atom is -0.383 e. The number of nitriles is 1. The summed E-state index contributed by atoms with van der Waals surface area (Å²) in [5.74, 6) is 0.778. The van der Waals surface area contributed by atoms with Crippen molar-refractivity contribution < 1.29 is 21.5 Å². The van der Waals surface area contributed by atoms with Gasteiger partial charge in [-0.1, -0.05) is 12.1 Å². The first-order valence-corrected chi connectivity index (χ1v) is 8.04. The minimum absolute atomic E-state index is 0. The van der Waals surface area contributed by atoms with Crippen molar-refractivity contribution in [2.45, 2.75) is 0 Å². The van der Waals surface area contributed by atoms with Gasteiger partial charge in [-0.15, -0.1) is 0 Å². The number of hydrogen-bond donors (Lipinski definition) is 1. The van der Waals surface area contributed by atoms with Crippen molar-refractivity contribution in [1.82, 2.24) is 4.98 Å². The second-order valence-electron chi connectivity index (χ2n) is 5.57. The van der Waals surface area contributed by atoms with Gasteiger partial charge in [-0.25, -0.2) is 9.37 Å². The Kier molecular flexibility index (Phi) is 8.28. The maximum absolute atomic E-state index is 13.1. The molecule has 3 nitrogen and oxygen atoms in total. The van der Waals surface area contributed by atoms with Gasteiger partial charge in [0.25, 0.3) is 0 Å². The normalized spacial score (nSPS) is 16.1. The predicted molar refractivity (Wildman–Crippen MR) is 99.8 cm³/mol. The van der Waals surface area contributed by atoms with E-state index in [9.17, 15) is 9.65 Å². The summed E-state index contributed by atoms with van der Waals surface area (Å²) in [5, 5.41) is 9.29. The van der Waals surface area contributed by atoms with Gasteiger partial charge in [0.2, 0.25) is 0 Å². The maximum atomic E-state index is 13.1. The first-order valence-electron chi connectivity index (χ1n) is 8.04. The maximum Gasteiger partial charge on any atom is 2.00 e. The largest absolute Gasteiger partial charge is 2.00 e. The summed E-state index contributed by atoms with van der Waals surface area (Å²) in [5.41, 5.74) is 8.28. The van der Waals surface area contributed by atoms with Crippen molar-refractivity contribution in [3.05, 3.63) is 111 Å². The number of halogens is 1. The summed E-state index contributed by atoms with van der Waals surface area (Å²) in [7, 11) is 0. The molecule has 2 aromatic rings. The number of rotatable bonds is 2. The van der Waals surface area contributed by atoms with E-state index < -0.39 is 0 Å². The SMILES string of the molecule is N#Cc1c(-c2ccc(F)cc2)cc([C]2[CH][CH][CH][CH]2)nc1N.[CH]1[CH][CH][CH][CH]1.[Fe+2]. The molecule has 2 saturated carbocycles. The summed E-state index contributed by atoms with van der Waals surface area (Å²) >= 11 is 0. The first-order chi connectivity index (χ1) is 12.7. The molecule has 0 amide bonds. The molecule has 0 spiro atoms. The number of hydrogen-bond acceptors (Lipinski definition) is 3. The van der Waals surface area contributed by atoms with Gasteiger partial charge in [0, 0.05) is 11.5 Å². The van der Waals surface area contributed by atoms with Gasteiger partial charge in [0.1, 0.15) is 23.3 Å². The van der Waals surface area contributed by atoms with E-state index in [1.807, 2.05) is 57.8 Å². The minimum atomic E-state index is -0.324. The van der Waals surface area contributed by atoms with Crippen LogP contribution in [0.15, 0.2) is 30.3 Å². The Morgan fingerprint density at radius 1 is 0.889 bits per heavy atom. The van der Waals surface area contributed by atoms with Crippen molar-refractivity contribution in [1.29, 1.82) is 5.26 Å². The van der Waals surface area contributed by atoms with Crippen LogP contribution in [0.25, 0.3) is 11.1 Å². The number of nitrogen functional groups attached to an aromatic ring is 1. The van der Waals surface area contributed by atoms with Gasteiger partial charge in [-0.2, -0.15) is 5.26 Å². The monoisotopic (exact) mass is 397 g/mol. The molecule has 10 radical (unpaired) electrons. The molecule has 2 N–H and O–H groups in total. The van der Waals surface area contributed by atoms with Crippen molar-refractivity contribution in [2.24, 2.45) is 0 Å². The Labute approximate surface area is 171 Å². The summed E-state index contributed by atoms with van der Waals surface area (Å²) in [6.45, 7) is 0. The van der Waals surface area contributed by atoms with E-state index in [1.54, 1.807) is 18.2 Å². The van der Waals surface area contributed by atoms with E-state index in [0.717, 1.165) is 11.5 Å². The molecule has 4 rings (SSSR count). The van der Waals surface area contributed by atoms with Crippen LogP contribution in [0.5, 0.6) is 0 Å². The van der Waals surface area contributed by atoms with Crippen molar-refractivity contribution in [3.8, 4) is 17.2 Å². The fourth-order valence-electron chi connectivity index (χ4n) is 2.55. The van der Waals surface area contributed by atoms with Gasteiger partial charge in [0.15, 0.2) is 0 Å². The van der Waals surface area contributed by atoms with Crippen LogP contribution < -0.4 is 5.73 Å². The van der Waals surface area contributed by atoms with E-state index in [0.29, 0.717) is 16.8 Å². The van der Waals surface area contributed by atoms with Gasteiger partial charge in [-0.05, 0) is 81.5 Å². The molecular formula is C22H16FFeN3+2. The first kappa shape index (κ1) is 21.4. The third-order valence-electron chi connectivity index (χ3n) is 3.83. The number of nitrogens with zero attached hydrogens (tertiary/aromatic N) is 2. The summed E-state index contributed by atoms with van der Waals surface area (Å²) in [6.07, 6.45) is 17.6. The average Bonchev–Trinajstić information content (AvgIpc) is 3.38. The van der Waals surface area contributed by atoms with Crippen molar-refractivity contribution >= 4 is 5.82 Å². The summed E-state index contributed by atoms with van der Waals surface area (Å²) in [6, 6.07) is 9.83. The van der Waals surface area contributed by atoms with Crippen LogP contribution in [0.4, 0.5) is 10.2 Å². The number of aromatic nitrogens is 1. The van der Waals surface area contributed by atoms with Crippen LogP contribution in [0, 0.1) is 80.9 Å². The molecule has 132 valence electrons. The van der Waals surface area contributed by atoms with E-state index >= 15 is 0 Å². The molecule has 1 aromatic carbocycles. The molecule has 2 fully saturated rings. The second-order valence-corrected chi connectivity index (χ2v) is 5.57. The van der Waals surface area contributed by atoms with Crippen LogP contribution in [-0.4, -0.2) is 4.98 Å². The summed E-state index contributed by atoms with van der Waals surface area (Å²) in [4.78, 5) is 4.27. The number of benzene rings is 1. The zero-order valence-electron chi connectivity index (χ0n) is 14.3. The molecule has 0 bridgehead atoms. The molecule has 2 aliphatic rings. The fourth-order valence-corrected chi connectivity index (χ4v) is 2.55. The van der Waals surface area contributed by atoms with E-state index in [4.69, 9.17) is 5.73 Å². The Hall–Kier alpha value is -1.89. The molecule has 0 atom stereocenters. The summed E-state index contributed by atoms with van der Waals surface area (Å²) < 4.78 is 13.1. The Balaban J connectivity index is 0.000000379. The predicted octanol–water partition coefficient (Wildman–Crippen LogP) is 4.11.